The number of hydrogen-bond donors (Lipinski definition) is 2. The molecule has 1 aliphatic rings. The number of imidazole rings is 1. The van der Waals surface area contributed by atoms with Crippen LogP contribution in [0, 0.1) is 0 Å². The Bertz CT molecular complexity index is 1300. The number of rotatable bonds is 13. The van der Waals surface area contributed by atoms with Gasteiger partial charge in [0, 0.05) is 51.9 Å². The first-order chi connectivity index (χ1) is 17.5. The van der Waals surface area contributed by atoms with Crippen molar-refractivity contribution in [3.8, 4) is 0 Å². The number of hydrogen-bond acceptors (Lipinski definition) is 7. The largest absolute Gasteiger partial charge is 0.392 e. The molecule has 0 amide bonds. The Hall–Kier alpha value is -2.82. The third-order valence-corrected chi connectivity index (χ3v) is 7.22. The molecule has 9 nitrogen and oxygen atoms in total. The van der Waals surface area contributed by atoms with Crippen molar-refractivity contribution in [1.29, 1.82) is 0 Å². The maximum atomic E-state index is 13.6. The van der Waals surface area contributed by atoms with Gasteiger partial charge in [-0.25, -0.2) is 9.78 Å². The van der Waals surface area contributed by atoms with Gasteiger partial charge in [-0.05, 0) is 23.8 Å². The maximum absolute atomic E-state index is 13.6. The lowest BCUT2D eigenvalue weighted by Crippen LogP contribution is -2.42. The topological polar surface area (TPSA) is 97.3 Å². The summed E-state index contributed by atoms with van der Waals surface area (Å²) in [4.78, 5) is 34.1. The lowest BCUT2D eigenvalue weighted by atomic mass is 10.1. The fraction of sp³-hybridized carbons (Fsp3) is 0.500. The second kappa shape index (κ2) is 12.4. The number of aliphatic hydroxyl groups excluding tert-OH is 1. The Morgan fingerprint density at radius 1 is 1.06 bits per heavy atom. The lowest BCUT2D eigenvalue weighted by molar-refractivity contribution is 0.167. The summed E-state index contributed by atoms with van der Waals surface area (Å²) in [6, 6.07) is 10.0. The van der Waals surface area contributed by atoms with Gasteiger partial charge in [-0.3, -0.25) is 13.9 Å². The molecule has 194 valence electrons. The highest BCUT2D eigenvalue weighted by molar-refractivity contribution is 8.02. The molecule has 0 spiro atoms. The van der Waals surface area contributed by atoms with Gasteiger partial charge in [-0.15, -0.1) is 11.8 Å². The van der Waals surface area contributed by atoms with Gasteiger partial charge in [0.05, 0.1) is 12.0 Å². The second-order valence-corrected chi connectivity index (χ2v) is 9.93. The monoisotopic (exact) mass is 512 g/mol. The van der Waals surface area contributed by atoms with Gasteiger partial charge < -0.3 is 19.9 Å². The van der Waals surface area contributed by atoms with Crippen LogP contribution in [0.1, 0.15) is 38.1 Å². The van der Waals surface area contributed by atoms with Crippen LogP contribution in [-0.4, -0.2) is 60.3 Å². The molecule has 2 aromatic heterocycles. The molecule has 0 fully saturated rings. The van der Waals surface area contributed by atoms with E-state index in [2.05, 4.69) is 10.2 Å². The van der Waals surface area contributed by atoms with Crippen LogP contribution in [0.25, 0.3) is 11.2 Å². The molecule has 0 bridgehead atoms. The van der Waals surface area contributed by atoms with Crippen LogP contribution in [0.5, 0.6) is 0 Å². The van der Waals surface area contributed by atoms with E-state index in [9.17, 15) is 14.7 Å². The summed E-state index contributed by atoms with van der Waals surface area (Å²) in [6.07, 6.45) is 3.55. The van der Waals surface area contributed by atoms with Crippen molar-refractivity contribution in [2.24, 2.45) is 0 Å². The minimum absolute atomic E-state index is 0.287. The highest BCUT2D eigenvalue weighted by Gasteiger charge is 2.22. The first-order valence-electron chi connectivity index (χ1n) is 12.7. The van der Waals surface area contributed by atoms with Crippen molar-refractivity contribution in [3.63, 3.8) is 0 Å². The highest BCUT2D eigenvalue weighted by Crippen LogP contribution is 2.18. The summed E-state index contributed by atoms with van der Waals surface area (Å²) < 4.78 is 4.99. The molecule has 4 rings (SSSR count). The van der Waals surface area contributed by atoms with Crippen LogP contribution in [-0.2, 0) is 26.1 Å². The summed E-state index contributed by atoms with van der Waals surface area (Å²) in [7, 11) is 0. The third-order valence-electron chi connectivity index (χ3n) is 6.43. The van der Waals surface area contributed by atoms with Crippen molar-refractivity contribution in [1.82, 2.24) is 28.9 Å². The molecule has 1 unspecified atom stereocenters. The molecule has 10 heteroatoms. The van der Waals surface area contributed by atoms with E-state index in [-0.39, 0.29) is 11.2 Å². The predicted octanol–water partition coefficient (Wildman–Crippen LogP) is 2.20. The van der Waals surface area contributed by atoms with Crippen LogP contribution >= 0.6 is 11.8 Å². The van der Waals surface area contributed by atoms with Gasteiger partial charge >= 0.3 is 5.69 Å². The Morgan fingerprint density at radius 2 is 1.86 bits per heavy atom. The number of aliphatic hydroxyl groups is 1. The van der Waals surface area contributed by atoms with E-state index < -0.39 is 6.10 Å². The molecule has 36 heavy (non-hydrogen) atoms. The van der Waals surface area contributed by atoms with Crippen molar-refractivity contribution < 1.29 is 5.11 Å². The van der Waals surface area contributed by atoms with Gasteiger partial charge in [0.2, 0.25) is 0 Å². The maximum Gasteiger partial charge on any atom is 0.332 e. The average Bonchev–Trinajstić information content (AvgIpc) is 3.53. The zero-order valence-corrected chi connectivity index (χ0v) is 21.9. The Balaban J connectivity index is 1.78. The number of aromatic nitrogens is 4. The summed E-state index contributed by atoms with van der Waals surface area (Å²) in [5.74, 6) is 1.61. The predicted molar refractivity (Wildman–Crippen MR) is 145 cm³/mol. The standard InChI is InChI=1S/C26H36N6O3S/c1-3-11-32-25(34)23-24(31(26(32)35)14-13-29-15-16-36-19-29)28-22(17-20-8-6-5-7-9-20)30(23)12-10-27-18-21(33)4-2/h5-9,15-16,21,27,33H,3-4,10-14,17-19H2,1-2H3. The van der Waals surface area contributed by atoms with Crippen molar-refractivity contribution >= 4 is 22.9 Å². The zero-order valence-electron chi connectivity index (χ0n) is 21.1. The molecule has 3 aromatic rings. The molecule has 1 atom stereocenters. The van der Waals surface area contributed by atoms with Crippen molar-refractivity contribution in [3.05, 3.63) is 74.2 Å². The number of thioether (sulfide) groups is 1. The molecule has 1 aromatic carbocycles. The first kappa shape index (κ1) is 26.2. The Morgan fingerprint density at radius 3 is 2.56 bits per heavy atom. The summed E-state index contributed by atoms with van der Waals surface area (Å²) in [5, 5.41) is 15.2. The third kappa shape index (κ3) is 5.93. The molecule has 0 aliphatic carbocycles. The first-order valence-corrected chi connectivity index (χ1v) is 13.8. The van der Waals surface area contributed by atoms with E-state index >= 15 is 0 Å². The SMILES string of the molecule is CCCn1c(=O)c2c(nc(Cc3ccccc3)n2CCNCC(O)CC)n(CCN2C=CSC2)c1=O. The number of fused-ring (bicyclic) bond motifs is 1. The number of nitrogens with zero attached hydrogens (tertiary/aromatic N) is 5. The molecule has 2 N–H and O–H groups in total. The molecular weight excluding hydrogens is 476 g/mol. The van der Waals surface area contributed by atoms with Crippen LogP contribution < -0.4 is 16.6 Å². The van der Waals surface area contributed by atoms with Gasteiger partial charge in [0.25, 0.3) is 5.56 Å². The average molecular weight is 513 g/mol. The van der Waals surface area contributed by atoms with Crippen LogP contribution in [0.15, 0.2) is 51.5 Å². The highest BCUT2D eigenvalue weighted by atomic mass is 32.2. The van der Waals surface area contributed by atoms with Crippen LogP contribution in [0.4, 0.5) is 0 Å². The fourth-order valence-electron chi connectivity index (χ4n) is 4.39. The fourth-order valence-corrected chi connectivity index (χ4v) is 5.15. The van der Waals surface area contributed by atoms with E-state index in [1.165, 1.54) is 4.57 Å². The van der Waals surface area contributed by atoms with Crippen molar-refractivity contribution in [2.45, 2.75) is 58.8 Å². The number of benzene rings is 1. The molecule has 0 radical (unpaired) electrons. The summed E-state index contributed by atoms with van der Waals surface area (Å²) >= 11 is 1.72. The minimum Gasteiger partial charge on any atom is -0.392 e. The van der Waals surface area contributed by atoms with E-state index in [1.807, 2.05) is 60.4 Å². The van der Waals surface area contributed by atoms with E-state index in [0.717, 1.165) is 17.3 Å². The molecule has 0 saturated carbocycles. The second-order valence-electron chi connectivity index (χ2n) is 9.06. The summed E-state index contributed by atoms with van der Waals surface area (Å²) in [6.45, 7) is 6.98. The van der Waals surface area contributed by atoms with E-state index in [4.69, 9.17) is 4.98 Å². The molecule has 0 saturated heterocycles. The Labute approximate surface area is 215 Å². The van der Waals surface area contributed by atoms with Crippen LogP contribution in [0.3, 0.4) is 0 Å². The molecule has 3 heterocycles. The summed E-state index contributed by atoms with van der Waals surface area (Å²) in [5.41, 5.74) is 1.42. The normalized spacial score (nSPS) is 14.2. The smallest absolute Gasteiger partial charge is 0.332 e. The van der Waals surface area contributed by atoms with E-state index in [0.29, 0.717) is 69.7 Å². The van der Waals surface area contributed by atoms with Gasteiger partial charge in [-0.2, -0.15) is 0 Å². The van der Waals surface area contributed by atoms with Crippen molar-refractivity contribution in [2.75, 3.05) is 25.5 Å². The van der Waals surface area contributed by atoms with Gasteiger partial charge in [0.15, 0.2) is 11.2 Å². The van der Waals surface area contributed by atoms with Gasteiger partial charge in [0.1, 0.15) is 5.82 Å². The minimum atomic E-state index is -0.405. The quantitative estimate of drug-likeness (QED) is 0.339. The van der Waals surface area contributed by atoms with Crippen LogP contribution in [0.2, 0.25) is 0 Å². The molecule has 1 aliphatic heterocycles. The van der Waals surface area contributed by atoms with Gasteiger partial charge in [-0.1, -0.05) is 44.2 Å². The van der Waals surface area contributed by atoms with E-state index in [1.54, 1.807) is 16.3 Å². The number of nitrogens with one attached hydrogen (secondary N) is 1. The molecular formula is C26H36N6O3S. The lowest BCUT2D eigenvalue weighted by Gasteiger charge is -2.17. The zero-order chi connectivity index (χ0) is 25.5. The Kier molecular flexibility index (Phi) is 9.06.